The fraction of sp³-hybridized carbons (Fsp3) is 0.452. The van der Waals surface area contributed by atoms with Crippen LogP contribution in [0.2, 0.25) is 0 Å². The molecule has 1 unspecified atom stereocenters. The van der Waals surface area contributed by atoms with Gasteiger partial charge in [-0.05, 0) is 107 Å². The number of hydrogen-bond donors (Lipinski definition) is 3. The van der Waals surface area contributed by atoms with Crippen molar-refractivity contribution >= 4 is 62.5 Å². The van der Waals surface area contributed by atoms with E-state index in [1.165, 1.54) is 13.2 Å². The lowest BCUT2D eigenvalue weighted by atomic mass is 9.81. The van der Waals surface area contributed by atoms with E-state index in [4.69, 9.17) is 9.72 Å². The van der Waals surface area contributed by atoms with Gasteiger partial charge in [-0.1, -0.05) is 12.1 Å². The second-order valence-electron chi connectivity index (χ2n) is 15.8. The minimum Gasteiger partial charge on any atom is -0.494 e. The highest BCUT2D eigenvalue weighted by Gasteiger charge is 2.45. The van der Waals surface area contributed by atoms with Crippen molar-refractivity contribution in [2.24, 2.45) is 11.8 Å². The number of halogens is 3. The largest absolute Gasteiger partial charge is 0.494 e. The maximum absolute atomic E-state index is 13.4. The molecule has 1 saturated carbocycles. The smallest absolute Gasteiger partial charge is 0.433 e. The van der Waals surface area contributed by atoms with Crippen LogP contribution in [0.5, 0.6) is 5.75 Å². The van der Waals surface area contributed by atoms with Gasteiger partial charge in [0.05, 0.1) is 39.1 Å². The first-order valence-electron chi connectivity index (χ1n) is 20.0. The lowest BCUT2D eigenvalue weighted by Gasteiger charge is -2.36. The second-order valence-corrected chi connectivity index (χ2v) is 16.8. The number of anilines is 2. The van der Waals surface area contributed by atoms with Gasteiger partial charge in [0.15, 0.2) is 0 Å². The molecule has 13 nitrogen and oxygen atoms in total. The molecule has 3 N–H and O–H groups in total. The third-order valence-corrected chi connectivity index (χ3v) is 13.2. The van der Waals surface area contributed by atoms with Crippen LogP contribution in [0.15, 0.2) is 48.5 Å². The molecule has 310 valence electrons. The monoisotopic (exact) mass is 831 g/mol. The quantitative estimate of drug-likeness (QED) is 0.136. The van der Waals surface area contributed by atoms with Crippen LogP contribution in [0, 0.1) is 11.8 Å². The number of imide groups is 2. The summed E-state index contributed by atoms with van der Waals surface area (Å²) in [6, 6.07) is 10.8. The number of benzene rings is 2. The summed E-state index contributed by atoms with van der Waals surface area (Å²) in [6.45, 7) is 3.77. The molecule has 2 aromatic heterocycles. The summed E-state index contributed by atoms with van der Waals surface area (Å²) in [4.78, 5) is 75.6. The van der Waals surface area contributed by atoms with Gasteiger partial charge >= 0.3 is 6.18 Å². The Labute approximate surface area is 342 Å². The van der Waals surface area contributed by atoms with Crippen LogP contribution in [-0.4, -0.2) is 88.6 Å². The fourth-order valence-electron chi connectivity index (χ4n) is 8.81. The number of piperidine rings is 2. The molecule has 17 heteroatoms. The highest BCUT2D eigenvalue weighted by Crippen LogP contribution is 2.42. The van der Waals surface area contributed by atoms with Crippen molar-refractivity contribution in [2.75, 3.05) is 43.9 Å². The van der Waals surface area contributed by atoms with E-state index < -0.39 is 47.4 Å². The van der Waals surface area contributed by atoms with Crippen molar-refractivity contribution in [3.05, 3.63) is 76.1 Å². The van der Waals surface area contributed by atoms with E-state index in [-0.39, 0.29) is 29.7 Å². The number of ether oxygens (including phenoxy) is 1. The molecule has 2 aromatic carbocycles. The van der Waals surface area contributed by atoms with Crippen molar-refractivity contribution in [1.29, 1.82) is 0 Å². The standard InChI is InChI=1S/C42H44F3N7O6S/c1-58-32-20-30-33(21-29(32)48-37(54)28-6-3-7-34(47-28)42(43,44)45)59-39(49-30)25-10-8-24(9-11-25)22-51-18-15-23(16-19-51)14-17-46-27-5-2-4-26-36(27)41(57)52(40(26)56)31-12-13-35(53)50-38(31)55/h2-7,20-21,23-25,31,46H,8-19,22H2,1H3,(H,48,54)(H,50,53,55). The number of amides is 5. The molecule has 5 amide bonds. The number of carbonyl (C=O) groups excluding carboxylic acids is 5. The number of fused-ring (bicyclic) bond motifs is 2. The number of nitrogens with zero attached hydrogens (tertiary/aromatic N) is 4. The van der Waals surface area contributed by atoms with E-state index in [2.05, 4.69) is 25.8 Å². The molecule has 4 aliphatic rings. The molecule has 8 rings (SSSR count). The molecule has 1 aliphatic carbocycles. The molecular weight excluding hydrogens is 788 g/mol. The summed E-state index contributed by atoms with van der Waals surface area (Å²) in [5, 5.41) is 9.31. The number of aromatic nitrogens is 2. The Hall–Kier alpha value is -5.42. The number of hydrogen-bond acceptors (Lipinski definition) is 11. The Kier molecular flexibility index (Phi) is 11.4. The van der Waals surface area contributed by atoms with Crippen LogP contribution in [0.25, 0.3) is 10.2 Å². The SMILES string of the molecule is COc1cc2nc(C3CCC(CN4CCC(CCNc5cccc6c5C(=O)N(C5CCC(=O)NC5=O)C6=O)CC4)CC3)sc2cc1NC(=O)c1cccc(C(F)(F)F)n1. The molecule has 4 aromatic rings. The normalized spacial score (nSPS) is 21.8. The Morgan fingerprint density at radius 1 is 0.915 bits per heavy atom. The van der Waals surface area contributed by atoms with Gasteiger partial charge in [0, 0.05) is 37.2 Å². The van der Waals surface area contributed by atoms with Crippen LogP contribution in [0.4, 0.5) is 24.5 Å². The predicted octanol–water partition coefficient (Wildman–Crippen LogP) is 6.86. The molecule has 3 aliphatic heterocycles. The van der Waals surface area contributed by atoms with Gasteiger partial charge in [-0.15, -0.1) is 11.3 Å². The summed E-state index contributed by atoms with van der Waals surface area (Å²) in [5.74, 6) is -1.02. The van der Waals surface area contributed by atoms with Gasteiger partial charge in [0.25, 0.3) is 17.7 Å². The van der Waals surface area contributed by atoms with E-state index >= 15 is 0 Å². The Bertz CT molecular complexity index is 2300. The van der Waals surface area contributed by atoms with Crippen LogP contribution in [-0.2, 0) is 15.8 Å². The van der Waals surface area contributed by atoms with Crippen LogP contribution in [0.3, 0.4) is 0 Å². The average molecular weight is 832 g/mol. The van der Waals surface area contributed by atoms with E-state index in [0.717, 1.165) is 96.8 Å². The minimum atomic E-state index is -4.67. The van der Waals surface area contributed by atoms with Crippen LogP contribution >= 0.6 is 11.3 Å². The summed E-state index contributed by atoms with van der Waals surface area (Å²) in [7, 11) is 1.46. The molecule has 0 radical (unpaired) electrons. The maximum Gasteiger partial charge on any atom is 0.433 e. The Morgan fingerprint density at radius 3 is 2.41 bits per heavy atom. The summed E-state index contributed by atoms with van der Waals surface area (Å²) >= 11 is 1.56. The van der Waals surface area contributed by atoms with Crippen LogP contribution < -0.4 is 20.7 Å². The molecule has 3 fully saturated rings. The topological polar surface area (TPSA) is 163 Å². The van der Waals surface area contributed by atoms with Crippen molar-refractivity contribution in [2.45, 2.75) is 75.9 Å². The lowest BCUT2D eigenvalue weighted by molar-refractivity contribution is -0.141. The van der Waals surface area contributed by atoms with Crippen molar-refractivity contribution in [3.63, 3.8) is 0 Å². The third-order valence-electron chi connectivity index (χ3n) is 12.0. The fourth-order valence-corrected chi connectivity index (χ4v) is 9.96. The molecule has 0 spiro atoms. The Morgan fingerprint density at radius 2 is 1.68 bits per heavy atom. The zero-order valence-corrected chi connectivity index (χ0v) is 33.2. The zero-order chi connectivity index (χ0) is 41.4. The second kappa shape index (κ2) is 16.7. The number of alkyl halides is 3. The number of rotatable bonds is 11. The van der Waals surface area contributed by atoms with E-state index in [1.54, 1.807) is 41.7 Å². The number of carbonyl (C=O) groups is 5. The molecule has 5 heterocycles. The van der Waals surface area contributed by atoms with Crippen molar-refractivity contribution in [3.8, 4) is 5.75 Å². The van der Waals surface area contributed by atoms with Gasteiger partial charge < -0.3 is 20.3 Å². The average Bonchev–Trinajstić information content (AvgIpc) is 3.75. The number of likely N-dealkylation sites (tertiary alicyclic amines) is 1. The first kappa shape index (κ1) is 40.4. The molecule has 59 heavy (non-hydrogen) atoms. The first-order chi connectivity index (χ1) is 28.4. The number of methoxy groups -OCH3 is 1. The zero-order valence-electron chi connectivity index (χ0n) is 32.4. The number of thiazole rings is 1. The lowest BCUT2D eigenvalue weighted by Crippen LogP contribution is -2.54. The van der Waals surface area contributed by atoms with E-state index in [1.807, 2.05) is 0 Å². The molecule has 2 saturated heterocycles. The Balaban J connectivity index is 0.793. The number of pyridine rings is 1. The molecule has 1 atom stereocenters. The summed E-state index contributed by atoms with van der Waals surface area (Å²) in [5.41, 5.74) is 0.709. The third kappa shape index (κ3) is 8.53. The van der Waals surface area contributed by atoms with E-state index in [0.29, 0.717) is 41.4 Å². The van der Waals surface area contributed by atoms with Gasteiger partial charge in [-0.3, -0.25) is 34.2 Å². The van der Waals surface area contributed by atoms with Gasteiger partial charge in [-0.2, -0.15) is 13.2 Å². The predicted molar refractivity (Wildman–Crippen MR) is 213 cm³/mol. The minimum absolute atomic E-state index is 0.0747. The van der Waals surface area contributed by atoms with E-state index in [9.17, 15) is 37.1 Å². The first-order valence-corrected chi connectivity index (χ1v) is 20.8. The highest BCUT2D eigenvalue weighted by atomic mass is 32.1. The number of nitrogens with one attached hydrogen (secondary N) is 3. The maximum atomic E-state index is 13.4. The van der Waals surface area contributed by atoms with Gasteiger partial charge in [0.2, 0.25) is 11.8 Å². The molecule has 0 bridgehead atoms. The molecular formula is C42H44F3N7O6S. The van der Waals surface area contributed by atoms with Crippen LogP contribution in [0.1, 0.15) is 106 Å². The highest BCUT2D eigenvalue weighted by molar-refractivity contribution is 7.18. The van der Waals surface area contributed by atoms with Gasteiger partial charge in [-0.25, -0.2) is 9.97 Å². The summed E-state index contributed by atoms with van der Waals surface area (Å²) < 4.78 is 45.9. The van der Waals surface area contributed by atoms with Gasteiger partial charge in [0.1, 0.15) is 23.2 Å². The van der Waals surface area contributed by atoms with Crippen molar-refractivity contribution < 1.29 is 41.9 Å². The van der Waals surface area contributed by atoms with Crippen molar-refractivity contribution in [1.82, 2.24) is 25.1 Å². The summed E-state index contributed by atoms with van der Waals surface area (Å²) in [6.07, 6.45) is 2.87.